The van der Waals surface area contributed by atoms with Crippen LogP contribution in [0.2, 0.25) is 0 Å². The Hall–Kier alpha value is -1.36. The Morgan fingerprint density at radius 2 is 2.04 bits per heavy atom. The fraction of sp³-hybridized carbons (Fsp3) is 0.688. The van der Waals surface area contributed by atoms with Crippen LogP contribution in [0, 0.1) is 0 Å². The lowest BCUT2D eigenvalue weighted by molar-refractivity contribution is -0.153. The number of carbonyl (C=O) groups excluding carboxylic acids is 1. The van der Waals surface area contributed by atoms with E-state index in [4.69, 9.17) is 9.26 Å². The topological polar surface area (TPSA) is 83.2 Å². The van der Waals surface area contributed by atoms with Crippen molar-refractivity contribution in [1.29, 1.82) is 0 Å². The second-order valence-electron chi connectivity index (χ2n) is 6.74. The van der Waals surface area contributed by atoms with E-state index >= 15 is 0 Å². The van der Waals surface area contributed by atoms with E-state index in [2.05, 4.69) is 25.3 Å². The number of aliphatic imine (C=N–C) groups is 1. The molecule has 0 unspecified atom stereocenters. The summed E-state index contributed by atoms with van der Waals surface area (Å²) in [5.74, 6) is 0.440. The van der Waals surface area contributed by atoms with E-state index in [0.717, 1.165) is 44.4 Å². The molecule has 1 N–H and O–H groups in total. The Kier molecular flexibility index (Phi) is 8.63. The number of hydrogen-bond acceptors (Lipinski definition) is 6. The summed E-state index contributed by atoms with van der Waals surface area (Å²) in [4.78, 5) is 20.5. The summed E-state index contributed by atoms with van der Waals surface area (Å²) in [6, 6.07) is 1.88. The van der Waals surface area contributed by atoms with Crippen molar-refractivity contribution in [2.45, 2.75) is 32.9 Å². The van der Waals surface area contributed by atoms with Crippen LogP contribution in [0.4, 0.5) is 0 Å². The molecule has 142 valence electrons. The SMILES string of the molecule is CN=C(NCC(=O)OC(C)(C)C)N1CCN(Cc2ccon2)CC1.I. The lowest BCUT2D eigenvalue weighted by atomic mass is 10.2. The molecule has 9 heteroatoms. The van der Waals surface area contributed by atoms with Crippen LogP contribution in [-0.2, 0) is 16.1 Å². The van der Waals surface area contributed by atoms with Gasteiger partial charge in [0.25, 0.3) is 0 Å². The minimum atomic E-state index is -0.477. The minimum absolute atomic E-state index is 0. The Morgan fingerprint density at radius 3 is 2.56 bits per heavy atom. The number of piperazine rings is 1. The second kappa shape index (κ2) is 9.95. The maximum Gasteiger partial charge on any atom is 0.325 e. The predicted molar refractivity (Wildman–Crippen MR) is 106 cm³/mol. The van der Waals surface area contributed by atoms with Gasteiger partial charge in [0.05, 0.1) is 5.69 Å². The number of carbonyl (C=O) groups is 1. The quantitative estimate of drug-likeness (QED) is 0.311. The van der Waals surface area contributed by atoms with Crippen molar-refractivity contribution < 1.29 is 14.1 Å². The Labute approximate surface area is 166 Å². The van der Waals surface area contributed by atoms with E-state index in [1.807, 2.05) is 26.8 Å². The maximum absolute atomic E-state index is 11.8. The van der Waals surface area contributed by atoms with Gasteiger partial charge in [-0.15, -0.1) is 24.0 Å². The summed E-state index contributed by atoms with van der Waals surface area (Å²) >= 11 is 0. The maximum atomic E-state index is 11.8. The van der Waals surface area contributed by atoms with Crippen molar-refractivity contribution in [2.24, 2.45) is 4.99 Å². The molecule has 1 aromatic rings. The highest BCUT2D eigenvalue weighted by atomic mass is 127. The van der Waals surface area contributed by atoms with Gasteiger partial charge < -0.3 is 19.5 Å². The van der Waals surface area contributed by atoms with E-state index in [-0.39, 0.29) is 36.5 Å². The summed E-state index contributed by atoms with van der Waals surface area (Å²) in [6.45, 7) is 9.95. The smallest absolute Gasteiger partial charge is 0.325 e. The van der Waals surface area contributed by atoms with Gasteiger partial charge >= 0.3 is 5.97 Å². The number of nitrogens with zero attached hydrogens (tertiary/aromatic N) is 4. The molecular weight excluding hydrogens is 437 g/mol. The molecular formula is C16H28IN5O3. The van der Waals surface area contributed by atoms with Crippen LogP contribution >= 0.6 is 24.0 Å². The summed E-state index contributed by atoms with van der Waals surface area (Å²) in [6.07, 6.45) is 1.59. The number of rotatable bonds is 4. The van der Waals surface area contributed by atoms with Crippen LogP contribution in [0.5, 0.6) is 0 Å². The molecule has 0 spiro atoms. The number of nitrogens with one attached hydrogen (secondary N) is 1. The Bertz CT molecular complexity index is 549. The van der Waals surface area contributed by atoms with Crippen LogP contribution in [0.1, 0.15) is 26.5 Å². The van der Waals surface area contributed by atoms with Crippen LogP contribution < -0.4 is 5.32 Å². The van der Waals surface area contributed by atoms with Gasteiger partial charge in [-0.1, -0.05) is 5.16 Å². The third kappa shape index (κ3) is 7.59. The minimum Gasteiger partial charge on any atom is -0.459 e. The molecule has 1 aliphatic heterocycles. The monoisotopic (exact) mass is 465 g/mol. The largest absolute Gasteiger partial charge is 0.459 e. The molecule has 0 bridgehead atoms. The van der Waals surface area contributed by atoms with Gasteiger partial charge in [-0.2, -0.15) is 0 Å². The first-order chi connectivity index (χ1) is 11.4. The standard InChI is InChI=1S/C16H27N5O3.HI/c1-16(2,3)24-14(22)11-18-15(17-4)21-8-6-20(7-9-21)12-13-5-10-23-19-13;/h5,10H,6-9,11-12H2,1-4H3,(H,17,18);1H. The first-order valence-electron chi connectivity index (χ1n) is 8.16. The van der Waals surface area contributed by atoms with Gasteiger partial charge in [0, 0.05) is 45.8 Å². The number of esters is 1. The molecule has 0 aliphatic carbocycles. The number of guanidine groups is 1. The van der Waals surface area contributed by atoms with Crippen molar-refractivity contribution in [3.63, 3.8) is 0 Å². The second-order valence-corrected chi connectivity index (χ2v) is 6.74. The average Bonchev–Trinajstić information content (AvgIpc) is 3.00. The van der Waals surface area contributed by atoms with Crippen LogP contribution in [0.15, 0.2) is 21.8 Å². The zero-order valence-electron chi connectivity index (χ0n) is 15.3. The molecule has 2 rings (SSSR count). The van der Waals surface area contributed by atoms with Gasteiger partial charge in [0.15, 0.2) is 5.96 Å². The van der Waals surface area contributed by atoms with Crippen molar-refractivity contribution in [1.82, 2.24) is 20.3 Å². The van der Waals surface area contributed by atoms with E-state index in [1.165, 1.54) is 0 Å². The molecule has 0 aromatic carbocycles. The van der Waals surface area contributed by atoms with E-state index in [1.54, 1.807) is 13.3 Å². The lowest BCUT2D eigenvalue weighted by Gasteiger charge is -2.36. The van der Waals surface area contributed by atoms with Gasteiger partial charge in [0.2, 0.25) is 0 Å². The van der Waals surface area contributed by atoms with Crippen LogP contribution in [0.25, 0.3) is 0 Å². The summed E-state index contributed by atoms with van der Waals surface area (Å²) < 4.78 is 10.2. The van der Waals surface area contributed by atoms with Gasteiger partial charge in [0.1, 0.15) is 18.4 Å². The Morgan fingerprint density at radius 1 is 1.36 bits per heavy atom. The van der Waals surface area contributed by atoms with Gasteiger partial charge in [-0.3, -0.25) is 14.7 Å². The first-order valence-corrected chi connectivity index (χ1v) is 8.16. The third-order valence-electron chi connectivity index (χ3n) is 3.57. The molecule has 1 saturated heterocycles. The molecule has 25 heavy (non-hydrogen) atoms. The number of halogens is 1. The van der Waals surface area contributed by atoms with Crippen LogP contribution in [-0.4, -0.2) is 72.3 Å². The predicted octanol–water partition coefficient (Wildman–Crippen LogP) is 1.33. The molecule has 1 aliphatic rings. The number of hydrogen-bond donors (Lipinski definition) is 1. The molecule has 0 amide bonds. The normalized spacial score (nSPS) is 16.3. The summed E-state index contributed by atoms with van der Waals surface area (Å²) in [7, 11) is 1.72. The van der Waals surface area contributed by atoms with Crippen LogP contribution in [0.3, 0.4) is 0 Å². The first kappa shape index (κ1) is 21.7. The van der Waals surface area contributed by atoms with Crippen molar-refractivity contribution in [3.8, 4) is 0 Å². The zero-order valence-corrected chi connectivity index (χ0v) is 17.6. The van der Waals surface area contributed by atoms with E-state index < -0.39 is 5.60 Å². The third-order valence-corrected chi connectivity index (χ3v) is 3.57. The van der Waals surface area contributed by atoms with E-state index in [0.29, 0.717) is 0 Å². The molecule has 8 nitrogen and oxygen atoms in total. The van der Waals surface area contributed by atoms with Crippen molar-refractivity contribution in [3.05, 3.63) is 18.0 Å². The average molecular weight is 465 g/mol. The molecule has 0 saturated carbocycles. The number of ether oxygens (including phenoxy) is 1. The van der Waals surface area contributed by atoms with Gasteiger partial charge in [-0.05, 0) is 20.8 Å². The highest BCUT2D eigenvalue weighted by molar-refractivity contribution is 14.0. The molecule has 1 fully saturated rings. The van der Waals surface area contributed by atoms with E-state index in [9.17, 15) is 4.79 Å². The Balaban J connectivity index is 0.00000312. The zero-order chi connectivity index (χ0) is 17.6. The van der Waals surface area contributed by atoms with Crippen molar-refractivity contribution in [2.75, 3.05) is 39.8 Å². The highest BCUT2D eigenvalue weighted by Crippen LogP contribution is 2.08. The van der Waals surface area contributed by atoms with Crippen molar-refractivity contribution >= 4 is 35.9 Å². The molecule has 0 atom stereocenters. The molecule has 2 heterocycles. The molecule has 1 aromatic heterocycles. The fourth-order valence-corrected chi connectivity index (χ4v) is 2.53. The number of aromatic nitrogens is 1. The molecule has 0 radical (unpaired) electrons. The highest BCUT2D eigenvalue weighted by Gasteiger charge is 2.21. The lowest BCUT2D eigenvalue weighted by Crippen LogP contribution is -2.53. The van der Waals surface area contributed by atoms with Gasteiger partial charge in [-0.25, -0.2) is 0 Å². The fourth-order valence-electron chi connectivity index (χ4n) is 2.53. The summed E-state index contributed by atoms with van der Waals surface area (Å²) in [5, 5.41) is 7.02. The summed E-state index contributed by atoms with van der Waals surface area (Å²) in [5.41, 5.74) is 0.463.